The third-order valence-corrected chi connectivity index (χ3v) is 4.48. The molecule has 0 radical (unpaired) electrons. The van der Waals surface area contributed by atoms with Crippen molar-refractivity contribution in [2.45, 2.75) is 38.8 Å². The summed E-state index contributed by atoms with van der Waals surface area (Å²) in [6.45, 7) is 3.60. The molecule has 1 aromatic carbocycles. The number of nitrogens with zero attached hydrogens (tertiary/aromatic N) is 2. The van der Waals surface area contributed by atoms with Crippen LogP contribution < -0.4 is 5.43 Å². The van der Waals surface area contributed by atoms with Crippen LogP contribution in [0.5, 0.6) is 5.75 Å². The lowest BCUT2D eigenvalue weighted by Gasteiger charge is -2.22. The molecule has 2 aromatic rings. The van der Waals surface area contributed by atoms with E-state index in [1.54, 1.807) is 12.3 Å². The van der Waals surface area contributed by atoms with Crippen LogP contribution >= 0.6 is 0 Å². The van der Waals surface area contributed by atoms with Crippen molar-refractivity contribution in [2.75, 3.05) is 13.1 Å². The van der Waals surface area contributed by atoms with Gasteiger partial charge in [0.15, 0.2) is 5.75 Å². The molecule has 1 N–H and O–H groups in total. The highest BCUT2D eigenvalue weighted by Crippen LogP contribution is 2.15. The van der Waals surface area contributed by atoms with Crippen molar-refractivity contribution in [1.29, 1.82) is 0 Å². The zero-order valence-corrected chi connectivity index (χ0v) is 13.4. The van der Waals surface area contributed by atoms with Gasteiger partial charge in [-0.3, -0.25) is 9.69 Å². The lowest BCUT2D eigenvalue weighted by molar-refractivity contribution is 0.269. The minimum atomic E-state index is -0.292. The van der Waals surface area contributed by atoms with E-state index >= 15 is 0 Å². The van der Waals surface area contributed by atoms with Crippen molar-refractivity contribution in [1.82, 2.24) is 9.47 Å². The van der Waals surface area contributed by atoms with Gasteiger partial charge in [-0.25, -0.2) is 0 Å². The number of rotatable bonds is 4. The fourth-order valence-electron chi connectivity index (χ4n) is 3.19. The Hall–Kier alpha value is -2.07. The summed E-state index contributed by atoms with van der Waals surface area (Å²) in [4.78, 5) is 14.3. The van der Waals surface area contributed by atoms with E-state index in [4.69, 9.17) is 0 Å². The molecular weight excluding hydrogens is 288 g/mol. The molecule has 1 saturated heterocycles. The van der Waals surface area contributed by atoms with Crippen LogP contribution in [-0.2, 0) is 13.1 Å². The van der Waals surface area contributed by atoms with Crippen LogP contribution in [0.3, 0.4) is 0 Å². The molecule has 1 aromatic heterocycles. The van der Waals surface area contributed by atoms with Gasteiger partial charge in [0.1, 0.15) is 0 Å². The zero-order valence-electron chi connectivity index (χ0n) is 13.4. The average Bonchev–Trinajstić information content (AvgIpc) is 2.82. The van der Waals surface area contributed by atoms with Crippen LogP contribution in [0.1, 0.15) is 36.9 Å². The first-order valence-corrected chi connectivity index (χ1v) is 8.41. The molecule has 0 unspecified atom stereocenters. The molecule has 23 heavy (non-hydrogen) atoms. The maximum absolute atomic E-state index is 11.9. The predicted molar refractivity (Wildman–Crippen MR) is 91.7 cm³/mol. The molecule has 0 bridgehead atoms. The molecule has 4 heteroatoms. The van der Waals surface area contributed by atoms with Crippen molar-refractivity contribution in [3.8, 4) is 5.75 Å². The first-order valence-electron chi connectivity index (χ1n) is 8.41. The number of benzene rings is 1. The van der Waals surface area contributed by atoms with Gasteiger partial charge in [0, 0.05) is 24.8 Å². The topological polar surface area (TPSA) is 45.5 Å². The second kappa shape index (κ2) is 7.47. The van der Waals surface area contributed by atoms with Gasteiger partial charge in [0.25, 0.3) is 0 Å². The van der Waals surface area contributed by atoms with Crippen LogP contribution in [0.15, 0.2) is 47.4 Å². The summed E-state index contributed by atoms with van der Waals surface area (Å²) in [5, 5.41) is 9.81. The average molecular weight is 312 g/mol. The molecule has 0 spiro atoms. The van der Waals surface area contributed by atoms with Gasteiger partial charge >= 0.3 is 0 Å². The third kappa shape index (κ3) is 4.23. The van der Waals surface area contributed by atoms with E-state index in [-0.39, 0.29) is 11.2 Å². The summed E-state index contributed by atoms with van der Waals surface area (Å²) in [7, 11) is 0. The van der Waals surface area contributed by atoms with Gasteiger partial charge in [-0.05, 0) is 31.5 Å². The summed E-state index contributed by atoms with van der Waals surface area (Å²) < 4.78 is 2.00. The number of aromatic nitrogens is 1. The fraction of sp³-hybridized carbons (Fsp3) is 0.421. The monoisotopic (exact) mass is 312 g/mol. The summed E-state index contributed by atoms with van der Waals surface area (Å²) in [6.07, 6.45) is 6.61. The summed E-state index contributed by atoms with van der Waals surface area (Å²) in [5.41, 5.74) is 1.84. The van der Waals surface area contributed by atoms with Crippen LogP contribution in [0.4, 0.5) is 0 Å². The maximum Gasteiger partial charge on any atom is 0.223 e. The van der Waals surface area contributed by atoms with E-state index in [0.717, 1.165) is 30.9 Å². The number of pyridine rings is 1. The van der Waals surface area contributed by atoms with Gasteiger partial charge < -0.3 is 9.67 Å². The number of hydrogen-bond donors (Lipinski definition) is 1. The Kier molecular flexibility index (Phi) is 5.13. The Morgan fingerprint density at radius 2 is 1.65 bits per heavy atom. The molecule has 4 nitrogen and oxygen atoms in total. The predicted octanol–water partition coefficient (Wildman–Crippen LogP) is 2.98. The Morgan fingerprint density at radius 3 is 2.35 bits per heavy atom. The highest BCUT2D eigenvalue weighted by atomic mass is 16.3. The highest BCUT2D eigenvalue weighted by Gasteiger charge is 2.13. The van der Waals surface area contributed by atoms with E-state index in [0.29, 0.717) is 6.54 Å². The Balaban J connectivity index is 1.85. The Morgan fingerprint density at radius 1 is 0.957 bits per heavy atom. The van der Waals surface area contributed by atoms with Crippen molar-refractivity contribution < 1.29 is 5.11 Å². The fourth-order valence-corrected chi connectivity index (χ4v) is 3.19. The van der Waals surface area contributed by atoms with Crippen molar-refractivity contribution >= 4 is 0 Å². The van der Waals surface area contributed by atoms with E-state index < -0.39 is 0 Å². The standard InChI is InChI=1S/C19H24N2O2/c22-18-12-17(14-20-10-6-1-2-7-11-20)21(15-19(18)23)13-16-8-4-3-5-9-16/h3-5,8-9,12,15,23H,1-2,6-7,10-11,13-14H2. The lowest BCUT2D eigenvalue weighted by atomic mass is 10.2. The minimum absolute atomic E-state index is 0.180. The first kappa shape index (κ1) is 15.8. The molecule has 2 heterocycles. The second-order valence-electron chi connectivity index (χ2n) is 6.32. The Bertz CT molecular complexity index is 686. The van der Waals surface area contributed by atoms with Gasteiger partial charge in [0.05, 0.1) is 6.20 Å². The molecule has 0 aliphatic carbocycles. The normalized spacial score (nSPS) is 16.2. The molecule has 1 aliphatic heterocycles. The second-order valence-corrected chi connectivity index (χ2v) is 6.32. The maximum atomic E-state index is 11.9. The SMILES string of the molecule is O=c1cc(CN2CCCCCC2)n(Cc2ccccc2)cc1O. The molecule has 3 rings (SSSR count). The van der Waals surface area contributed by atoms with E-state index in [1.165, 1.54) is 25.7 Å². The minimum Gasteiger partial charge on any atom is -0.503 e. The van der Waals surface area contributed by atoms with Crippen LogP contribution in [0, 0.1) is 0 Å². The molecule has 0 atom stereocenters. The van der Waals surface area contributed by atoms with Crippen molar-refractivity contribution in [3.63, 3.8) is 0 Å². The van der Waals surface area contributed by atoms with Crippen molar-refractivity contribution in [2.24, 2.45) is 0 Å². The van der Waals surface area contributed by atoms with Gasteiger partial charge in [-0.2, -0.15) is 0 Å². The Labute approximate surface area is 137 Å². The zero-order chi connectivity index (χ0) is 16.1. The van der Waals surface area contributed by atoms with Crippen LogP contribution in [-0.4, -0.2) is 27.7 Å². The molecule has 1 aliphatic rings. The first-order chi connectivity index (χ1) is 11.2. The highest BCUT2D eigenvalue weighted by molar-refractivity contribution is 5.23. The molecule has 0 amide bonds. The van der Waals surface area contributed by atoms with E-state index in [9.17, 15) is 9.90 Å². The van der Waals surface area contributed by atoms with E-state index in [2.05, 4.69) is 17.0 Å². The molecule has 122 valence electrons. The summed E-state index contributed by atoms with van der Waals surface area (Å²) in [6, 6.07) is 11.7. The quantitative estimate of drug-likeness (QED) is 0.944. The van der Waals surface area contributed by atoms with E-state index in [1.807, 2.05) is 22.8 Å². The summed E-state index contributed by atoms with van der Waals surface area (Å²) in [5.74, 6) is -0.180. The molecular formula is C19H24N2O2. The van der Waals surface area contributed by atoms with Crippen LogP contribution in [0.25, 0.3) is 0 Å². The number of hydrogen-bond acceptors (Lipinski definition) is 3. The number of aromatic hydroxyl groups is 1. The summed E-state index contributed by atoms with van der Waals surface area (Å²) >= 11 is 0. The molecule has 1 fully saturated rings. The van der Waals surface area contributed by atoms with Gasteiger partial charge in [-0.1, -0.05) is 43.2 Å². The largest absolute Gasteiger partial charge is 0.503 e. The third-order valence-electron chi connectivity index (χ3n) is 4.48. The lowest BCUT2D eigenvalue weighted by Crippen LogP contribution is -2.27. The number of likely N-dealkylation sites (tertiary alicyclic amines) is 1. The van der Waals surface area contributed by atoms with Crippen molar-refractivity contribution in [3.05, 3.63) is 64.1 Å². The van der Waals surface area contributed by atoms with Gasteiger partial charge in [0.2, 0.25) is 5.43 Å². The molecule has 0 saturated carbocycles. The smallest absolute Gasteiger partial charge is 0.223 e. The van der Waals surface area contributed by atoms with Crippen LogP contribution in [0.2, 0.25) is 0 Å². The van der Waals surface area contributed by atoms with Gasteiger partial charge in [-0.15, -0.1) is 0 Å².